The van der Waals surface area contributed by atoms with E-state index in [1.807, 2.05) is 0 Å². The minimum atomic E-state index is -0.201. The van der Waals surface area contributed by atoms with Gasteiger partial charge in [-0.2, -0.15) is 0 Å². The first-order valence-electron chi connectivity index (χ1n) is 8.48. The van der Waals surface area contributed by atoms with E-state index in [2.05, 4.69) is 31.1 Å². The third-order valence-corrected chi connectivity index (χ3v) is 5.88. The number of aryl methyl sites for hydroxylation is 1. The first-order valence-corrected chi connectivity index (χ1v) is 9.67. The molecule has 0 saturated heterocycles. The zero-order valence-electron chi connectivity index (χ0n) is 14.8. The van der Waals surface area contributed by atoms with Crippen LogP contribution in [0.1, 0.15) is 37.8 Å². The molecule has 1 aliphatic carbocycles. The summed E-state index contributed by atoms with van der Waals surface area (Å²) >= 11 is 7.42. The number of halogens is 1. The van der Waals surface area contributed by atoms with Crippen molar-refractivity contribution in [3.63, 3.8) is 0 Å². The number of anilines is 1. The van der Waals surface area contributed by atoms with Gasteiger partial charge >= 0.3 is 0 Å². The minimum absolute atomic E-state index is 0.0451. The fraction of sp³-hybridized carbons (Fsp3) is 0.474. The van der Waals surface area contributed by atoms with E-state index in [0.717, 1.165) is 25.0 Å². The maximum Gasteiger partial charge on any atom is 0.264 e. The summed E-state index contributed by atoms with van der Waals surface area (Å²) in [6, 6.07) is 6.94. The lowest BCUT2D eigenvalue weighted by atomic mass is 9.73. The first-order chi connectivity index (χ1) is 11.8. The van der Waals surface area contributed by atoms with Gasteiger partial charge in [0.25, 0.3) is 5.91 Å². The highest BCUT2D eigenvalue weighted by atomic mass is 35.5. The van der Waals surface area contributed by atoms with Gasteiger partial charge in [0.1, 0.15) is 5.75 Å². The van der Waals surface area contributed by atoms with E-state index < -0.39 is 0 Å². The monoisotopic (exact) mass is 378 g/mol. The molecular weight excluding hydrogens is 356 g/mol. The van der Waals surface area contributed by atoms with E-state index in [1.165, 1.54) is 4.88 Å². The van der Waals surface area contributed by atoms with Gasteiger partial charge in [0.05, 0.1) is 5.69 Å². The summed E-state index contributed by atoms with van der Waals surface area (Å²) in [7, 11) is 0. The summed E-state index contributed by atoms with van der Waals surface area (Å²) < 4.78 is 5.46. The SMILES string of the molecule is CC(C)(C)[C@@H]1CCc2nc(NC(=O)COc3ccc(Cl)cc3)sc2C1. The van der Waals surface area contributed by atoms with Crippen LogP contribution in [-0.2, 0) is 17.6 Å². The van der Waals surface area contributed by atoms with Gasteiger partial charge in [0, 0.05) is 9.90 Å². The van der Waals surface area contributed by atoms with Crippen molar-refractivity contribution in [2.45, 2.75) is 40.0 Å². The van der Waals surface area contributed by atoms with Crippen LogP contribution in [-0.4, -0.2) is 17.5 Å². The third kappa shape index (κ3) is 4.73. The largest absolute Gasteiger partial charge is 0.484 e. The molecule has 0 bridgehead atoms. The Hall–Kier alpha value is -1.59. The van der Waals surface area contributed by atoms with Gasteiger partial charge in [-0.3, -0.25) is 10.1 Å². The number of fused-ring (bicyclic) bond motifs is 1. The Balaban J connectivity index is 1.56. The zero-order chi connectivity index (χ0) is 18.0. The molecule has 25 heavy (non-hydrogen) atoms. The molecule has 1 aromatic carbocycles. The molecule has 1 heterocycles. The van der Waals surface area contributed by atoms with Gasteiger partial charge in [-0.05, 0) is 54.9 Å². The fourth-order valence-electron chi connectivity index (χ4n) is 3.00. The van der Waals surface area contributed by atoms with Crippen LogP contribution in [0.5, 0.6) is 5.75 Å². The van der Waals surface area contributed by atoms with Crippen LogP contribution in [0.15, 0.2) is 24.3 Å². The molecular formula is C19H23ClN2O2S. The Labute approximate surface area is 157 Å². The molecule has 0 fully saturated rings. The van der Waals surface area contributed by atoms with Gasteiger partial charge in [-0.1, -0.05) is 32.4 Å². The summed E-state index contributed by atoms with van der Waals surface area (Å²) in [6.07, 6.45) is 3.20. The average molecular weight is 379 g/mol. The number of hydrogen-bond acceptors (Lipinski definition) is 4. The summed E-state index contributed by atoms with van der Waals surface area (Å²) in [5.41, 5.74) is 1.44. The van der Waals surface area contributed by atoms with E-state index in [1.54, 1.807) is 35.6 Å². The number of carbonyl (C=O) groups excluding carboxylic acids is 1. The molecule has 1 aromatic heterocycles. The molecule has 0 spiro atoms. The van der Waals surface area contributed by atoms with Crippen LogP contribution in [0, 0.1) is 11.3 Å². The highest BCUT2D eigenvalue weighted by molar-refractivity contribution is 7.15. The predicted molar refractivity (Wildman–Crippen MR) is 103 cm³/mol. The van der Waals surface area contributed by atoms with E-state index >= 15 is 0 Å². The highest BCUT2D eigenvalue weighted by Gasteiger charge is 2.30. The number of nitrogens with zero attached hydrogens (tertiary/aromatic N) is 1. The summed E-state index contributed by atoms with van der Waals surface area (Å²) in [4.78, 5) is 18.0. The second kappa shape index (κ2) is 7.34. The van der Waals surface area contributed by atoms with Crippen LogP contribution in [0.25, 0.3) is 0 Å². The molecule has 134 valence electrons. The molecule has 1 atom stereocenters. The van der Waals surface area contributed by atoms with Crippen LogP contribution in [0.3, 0.4) is 0 Å². The number of hydrogen-bond donors (Lipinski definition) is 1. The van der Waals surface area contributed by atoms with Crippen molar-refractivity contribution in [3.05, 3.63) is 39.9 Å². The lowest BCUT2D eigenvalue weighted by Crippen LogP contribution is -2.26. The van der Waals surface area contributed by atoms with Crippen molar-refractivity contribution in [1.29, 1.82) is 0 Å². The molecule has 1 amide bonds. The predicted octanol–water partition coefficient (Wildman–Crippen LogP) is 4.97. The zero-order valence-corrected chi connectivity index (χ0v) is 16.3. The topological polar surface area (TPSA) is 51.2 Å². The third-order valence-electron chi connectivity index (χ3n) is 4.59. The summed E-state index contributed by atoms with van der Waals surface area (Å²) in [5.74, 6) is 1.08. The number of benzene rings is 1. The normalized spacial score (nSPS) is 17.0. The van der Waals surface area contributed by atoms with E-state index in [0.29, 0.717) is 27.2 Å². The fourth-order valence-corrected chi connectivity index (χ4v) is 4.23. The van der Waals surface area contributed by atoms with Gasteiger partial charge in [-0.25, -0.2) is 4.98 Å². The Morgan fingerprint density at radius 3 is 2.76 bits per heavy atom. The van der Waals surface area contributed by atoms with E-state index in [-0.39, 0.29) is 12.5 Å². The van der Waals surface area contributed by atoms with Crippen molar-refractivity contribution in [2.75, 3.05) is 11.9 Å². The maximum absolute atomic E-state index is 12.1. The Morgan fingerprint density at radius 2 is 2.08 bits per heavy atom. The van der Waals surface area contributed by atoms with Crippen molar-refractivity contribution in [1.82, 2.24) is 4.98 Å². The second-order valence-corrected chi connectivity index (χ2v) is 9.01. The standard InChI is InChI=1S/C19H23ClN2O2S/c1-19(2,3)12-4-9-15-16(10-12)25-18(21-15)22-17(23)11-24-14-7-5-13(20)6-8-14/h5-8,12H,4,9-11H2,1-3H3,(H,21,22,23)/t12-/m1/s1. The lowest BCUT2D eigenvalue weighted by molar-refractivity contribution is -0.118. The highest BCUT2D eigenvalue weighted by Crippen LogP contribution is 2.40. The van der Waals surface area contributed by atoms with Crippen molar-refractivity contribution in [2.24, 2.45) is 11.3 Å². The molecule has 2 aromatic rings. The Kier molecular flexibility index (Phi) is 5.35. The molecule has 6 heteroatoms. The van der Waals surface area contributed by atoms with E-state index in [9.17, 15) is 4.79 Å². The average Bonchev–Trinajstić information content (AvgIpc) is 2.94. The molecule has 0 saturated carbocycles. The van der Waals surface area contributed by atoms with Gasteiger partial charge in [0.15, 0.2) is 11.7 Å². The molecule has 0 aliphatic heterocycles. The molecule has 0 radical (unpaired) electrons. The lowest BCUT2D eigenvalue weighted by Gasteiger charge is -2.33. The number of rotatable bonds is 4. The van der Waals surface area contributed by atoms with Crippen LogP contribution in [0.4, 0.5) is 5.13 Å². The number of nitrogens with one attached hydrogen (secondary N) is 1. The minimum Gasteiger partial charge on any atom is -0.484 e. The van der Waals surface area contributed by atoms with Gasteiger partial charge in [0.2, 0.25) is 0 Å². The Morgan fingerprint density at radius 1 is 1.36 bits per heavy atom. The quantitative estimate of drug-likeness (QED) is 0.817. The molecule has 1 aliphatic rings. The van der Waals surface area contributed by atoms with Crippen LogP contribution >= 0.6 is 22.9 Å². The molecule has 4 nitrogen and oxygen atoms in total. The molecule has 1 N–H and O–H groups in total. The van der Waals surface area contributed by atoms with Crippen molar-refractivity contribution < 1.29 is 9.53 Å². The Bertz CT molecular complexity index is 750. The number of carbonyl (C=O) groups is 1. The molecule has 3 rings (SSSR count). The number of ether oxygens (including phenoxy) is 1. The first kappa shape index (κ1) is 18.2. The van der Waals surface area contributed by atoms with Crippen molar-refractivity contribution >= 4 is 34.0 Å². The van der Waals surface area contributed by atoms with Crippen LogP contribution < -0.4 is 10.1 Å². The molecule has 0 unspecified atom stereocenters. The van der Waals surface area contributed by atoms with Crippen LogP contribution in [0.2, 0.25) is 5.02 Å². The second-order valence-electron chi connectivity index (χ2n) is 7.49. The smallest absolute Gasteiger partial charge is 0.264 e. The summed E-state index contributed by atoms with van der Waals surface area (Å²) in [5, 5.41) is 4.16. The van der Waals surface area contributed by atoms with Crippen molar-refractivity contribution in [3.8, 4) is 5.75 Å². The maximum atomic E-state index is 12.1. The number of amides is 1. The number of thiazole rings is 1. The van der Waals surface area contributed by atoms with Gasteiger partial charge in [-0.15, -0.1) is 11.3 Å². The van der Waals surface area contributed by atoms with Gasteiger partial charge < -0.3 is 4.74 Å². The number of aromatic nitrogens is 1. The summed E-state index contributed by atoms with van der Waals surface area (Å²) in [6.45, 7) is 6.83. The van der Waals surface area contributed by atoms with E-state index in [4.69, 9.17) is 16.3 Å².